The fourth-order valence-electron chi connectivity index (χ4n) is 2.22. The highest BCUT2D eigenvalue weighted by molar-refractivity contribution is 7.17. The Balaban J connectivity index is 1.76. The van der Waals surface area contributed by atoms with Gasteiger partial charge in [0.2, 0.25) is 0 Å². The number of aryl methyl sites for hydroxylation is 2. The van der Waals surface area contributed by atoms with Crippen LogP contribution in [-0.4, -0.2) is 10.9 Å². The molecule has 3 aromatic rings. The summed E-state index contributed by atoms with van der Waals surface area (Å²) in [6.45, 7) is 3.73. The summed E-state index contributed by atoms with van der Waals surface area (Å²) < 4.78 is 0. The zero-order chi connectivity index (χ0) is 17.1. The summed E-state index contributed by atoms with van der Waals surface area (Å²) in [4.78, 5) is 17.5. The monoisotopic (exact) mass is 357 g/mol. The Labute approximate surface area is 149 Å². The predicted octanol–water partition coefficient (Wildman–Crippen LogP) is 5.41. The summed E-state index contributed by atoms with van der Waals surface area (Å²) in [6.07, 6.45) is 0. The number of thiazole rings is 1. The Morgan fingerprint density at radius 3 is 2.54 bits per heavy atom. The van der Waals surface area contributed by atoms with E-state index in [1.165, 1.54) is 11.3 Å². The largest absolute Gasteiger partial charge is 0.332 e. The van der Waals surface area contributed by atoms with Gasteiger partial charge in [0.05, 0.1) is 5.69 Å². The van der Waals surface area contributed by atoms with Crippen molar-refractivity contribution in [2.75, 3.05) is 10.6 Å². The molecule has 122 valence electrons. The number of nitrogens with zero attached hydrogens (tertiary/aromatic N) is 1. The lowest BCUT2D eigenvalue weighted by molar-refractivity contribution is 0.103. The number of carbonyl (C=O) groups excluding carboxylic acids is 1. The number of para-hydroxylation sites is 1. The second-order valence-electron chi connectivity index (χ2n) is 5.34. The van der Waals surface area contributed by atoms with Crippen molar-refractivity contribution in [2.45, 2.75) is 13.8 Å². The lowest BCUT2D eigenvalue weighted by Gasteiger charge is -2.06. The minimum Gasteiger partial charge on any atom is -0.332 e. The second kappa shape index (κ2) is 7.03. The van der Waals surface area contributed by atoms with Gasteiger partial charge in [-0.25, -0.2) is 4.98 Å². The fraction of sp³-hybridized carbons (Fsp3) is 0.111. The molecule has 2 N–H and O–H groups in total. The van der Waals surface area contributed by atoms with Crippen molar-refractivity contribution >= 4 is 45.4 Å². The van der Waals surface area contributed by atoms with Crippen molar-refractivity contribution in [1.82, 2.24) is 4.98 Å². The van der Waals surface area contributed by atoms with Crippen molar-refractivity contribution in [3.63, 3.8) is 0 Å². The minimum absolute atomic E-state index is 0.173. The molecule has 0 unspecified atom stereocenters. The van der Waals surface area contributed by atoms with Gasteiger partial charge in [-0.2, -0.15) is 0 Å². The quantitative estimate of drug-likeness (QED) is 0.656. The van der Waals surface area contributed by atoms with E-state index in [1.807, 2.05) is 50.2 Å². The van der Waals surface area contributed by atoms with Crippen LogP contribution in [0.3, 0.4) is 0 Å². The molecule has 3 rings (SSSR count). The van der Waals surface area contributed by atoms with Gasteiger partial charge in [0.1, 0.15) is 4.88 Å². The van der Waals surface area contributed by atoms with E-state index in [0.717, 1.165) is 11.3 Å². The SMILES string of the molecule is Cc1cc(NC(=O)c2sc(Nc3ccccc3)nc2C)ccc1Cl. The molecule has 24 heavy (non-hydrogen) atoms. The first-order valence-corrected chi connectivity index (χ1v) is 8.59. The van der Waals surface area contributed by atoms with E-state index in [-0.39, 0.29) is 5.91 Å². The van der Waals surface area contributed by atoms with E-state index in [2.05, 4.69) is 15.6 Å². The molecule has 0 fully saturated rings. The molecular weight excluding hydrogens is 342 g/mol. The highest BCUT2D eigenvalue weighted by Gasteiger charge is 2.16. The highest BCUT2D eigenvalue weighted by atomic mass is 35.5. The van der Waals surface area contributed by atoms with E-state index in [1.54, 1.807) is 12.1 Å². The van der Waals surface area contributed by atoms with Crippen LogP contribution in [0.15, 0.2) is 48.5 Å². The summed E-state index contributed by atoms with van der Waals surface area (Å²) in [5.74, 6) is -0.173. The third-order valence-electron chi connectivity index (χ3n) is 3.44. The molecule has 0 saturated heterocycles. The van der Waals surface area contributed by atoms with Gasteiger partial charge < -0.3 is 10.6 Å². The summed E-state index contributed by atoms with van der Waals surface area (Å²) in [6, 6.07) is 15.1. The number of hydrogen-bond acceptors (Lipinski definition) is 4. The summed E-state index contributed by atoms with van der Waals surface area (Å²) >= 11 is 7.34. The molecule has 1 heterocycles. The van der Waals surface area contributed by atoms with Gasteiger partial charge in [-0.15, -0.1) is 0 Å². The van der Waals surface area contributed by atoms with E-state index >= 15 is 0 Å². The van der Waals surface area contributed by atoms with Gasteiger partial charge in [-0.1, -0.05) is 41.1 Å². The number of anilines is 3. The van der Waals surface area contributed by atoms with E-state index < -0.39 is 0 Å². The average Bonchev–Trinajstić information content (AvgIpc) is 2.92. The molecule has 4 nitrogen and oxygen atoms in total. The van der Waals surface area contributed by atoms with E-state index in [4.69, 9.17) is 11.6 Å². The van der Waals surface area contributed by atoms with Gasteiger partial charge in [0.15, 0.2) is 5.13 Å². The maximum absolute atomic E-state index is 12.5. The molecule has 0 atom stereocenters. The lowest BCUT2D eigenvalue weighted by Crippen LogP contribution is -2.11. The Bertz CT molecular complexity index is 877. The number of carbonyl (C=O) groups is 1. The number of halogens is 1. The van der Waals surface area contributed by atoms with Gasteiger partial charge in [-0.05, 0) is 49.7 Å². The molecule has 0 aliphatic heterocycles. The molecule has 0 aliphatic rings. The number of hydrogen-bond donors (Lipinski definition) is 2. The molecule has 6 heteroatoms. The molecule has 2 aromatic carbocycles. The Kier molecular flexibility index (Phi) is 4.83. The number of benzene rings is 2. The zero-order valence-electron chi connectivity index (χ0n) is 13.3. The normalized spacial score (nSPS) is 10.5. The Morgan fingerprint density at radius 2 is 1.83 bits per heavy atom. The molecule has 1 aromatic heterocycles. The first-order valence-electron chi connectivity index (χ1n) is 7.40. The van der Waals surface area contributed by atoms with Crippen LogP contribution in [0.5, 0.6) is 0 Å². The van der Waals surface area contributed by atoms with Crippen LogP contribution in [0.4, 0.5) is 16.5 Å². The lowest BCUT2D eigenvalue weighted by atomic mass is 10.2. The van der Waals surface area contributed by atoms with Gasteiger partial charge in [0.25, 0.3) is 5.91 Å². The van der Waals surface area contributed by atoms with Crippen LogP contribution >= 0.6 is 22.9 Å². The summed E-state index contributed by atoms with van der Waals surface area (Å²) in [5.41, 5.74) is 3.27. The van der Waals surface area contributed by atoms with Gasteiger partial charge in [0, 0.05) is 16.4 Å². The van der Waals surface area contributed by atoms with Crippen LogP contribution in [0.25, 0.3) is 0 Å². The third kappa shape index (κ3) is 3.75. The van der Waals surface area contributed by atoms with Crippen molar-refractivity contribution < 1.29 is 4.79 Å². The van der Waals surface area contributed by atoms with E-state index in [9.17, 15) is 4.79 Å². The maximum Gasteiger partial charge on any atom is 0.267 e. The van der Waals surface area contributed by atoms with Crippen molar-refractivity contribution in [1.29, 1.82) is 0 Å². The topological polar surface area (TPSA) is 54.0 Å². The second-order valence-corrected chi connectivity index (χ2v) is 6.75. The fourth-order valence-corrected chi connectivity index (χ4v) is 3.22. The first-order chi connectivity index (χ1) is 11.5. The molecule has 1 amide bonds. The number of amides is 1. The van der Waals surface area contributed by atoms with Crippen molar-refractivity contribution in [3.8, 4) is 0 Å². The average molecular weight is 358 g/mol. The number of aromatic nitrogens is 1. The molecule has 0 saturated carbocycles. The smallest absolute Gasteiger partial charge is 0.267 e. The summed E-state index contributed by atoms with van der Waals surface area (Å²) in [7, 11) is 0. The van der Waals surface area contributed by atoms with Crippen LogP contribution in [0.1, 0.15) is 20.9 Å². The molecule has 0 aliphatic carbocycles. The van der Waals surface area contributed by atoms with Gasteiger partial charge >= 0.3 is 0 Å². The highest BCUT2D eigenvalue weighted by Crippen LogP contribution is 2.27. The molecule has 0 bridgehead atoms. The first kappa shape index (κ1) is 16.5. The standard InChI is InChI=1S/C18H16ClN3OS/c1-11-10-14(8-9-15(11)19)21-17(23)16-12(2)20-18(24-16)22-13-6-4-3-5-7-13/h3-10H,1-2H3,(H,20,22)(H,21,23). The number of nitrogens with one attached hydrogen (secondary N) is 2. The molecular formula is C18H16ClN3OS. The predicted molar refractivity (Wildman–Crippen MR) is 101 cm³/mol. The van der Waals surface area contributed by atoms with Crippen LogP contribution in [-0.2, 0) is 0 Å². The Hall–Kier alpha value is -2.37. The van der Waals surface area contributed by atoms with Gasteiger partial charge in [-0.3, -0.25) is 4.79 Å². The number of rotatable bonds is 4. The summed E-state index contributed by atoms with van der Waals surface area (Å²) in [5, 5.41) is 7.47. The van der Waals surface area contributed by atoms with Crippen LogP contribution < -0.4 is 10.6 Å². The van der Waals surface area contributed by atoms with E-state index in [0.29, 0.717) is 26.4 Å². The van der Waals surface area contributed by atoms with Crippen molar-refractivity contribution in [3.05, 3.63) is 69.7 Å². The molecule has 0 radical (unpaired) electrons. The Morgan fingerprint density at radius 1 is 1.08 bits per heavy atom. The minimum atomic E-state index is -0.173. The van der Waals surface area contributed by atoms with Crippen LogP contribution in [0, 0.1) is 13.8 Å². The maximum atomic E-state index is 12.5. The molecule has 0 spiro atoms. The third-order valence-corrected chi connectivity index (χ3v) is 4.94. The van der Waals surface area contributed by atoms with Crippen LogP contribution in [0.2, 0.25) is 5.02 Å². The van der Waals surface area contributed by atoms with Crippen molar-refractivity contribution in [2.24, 2.45) is 0 Å². The zero-order valence-corrected chi connectivity index (χ0v) is 14.8.